The van der Waals surface area contributed by atoms with Crippen molar-refractivity contribution in [3.05, 3.63) is 59.7 Å². The predicted molar refractivity (Wildman–Crippen MR) is 117 cm³/mol. The Bertz CT molecular complexity index is 1250. The fourth-order valence-corrected chi connectivity index (χ4v) is 4.42. The van der Waals surface area contributed by atoms with E-state index >= 15 is 0 Å². The number of benzene rings is 2. The maximum atomic E-state index is 12.7. The number of aliphatic imine (C=N–C) groups is 2. The van der Waals surface area contributed by atoms with Gasteiger partial charge in [-0.05, 0) is 37.6 Å². The first-order valence-corrected chi connectivity index (χ1v) is 11.6. The first-order chi connectivity index (χ1) is 15.8. The summed E-state index contributed by atoms with van der Waals surface area (Å²) in [6.07, 6.45) is -6.26. The molecule has 0 bridgehead atoms. The van der Waals surface area contributed by atoms with Gasteiger partial charge in [0, 0.05) is 5.56 Å². The zero-order valence-corrected chi connectivity index (χ0v) is 18.8. The number of halogens is 3. The lowest BCUT2D eigenvalue weighted by atomic mass is 9.87. The van der Waals surface area contributed by atoms with Crippen molar-refractivity contribution in [2.24, 2.45) is 9.98 Å². The van der Waals surface area contributed by atoms with Gasteiger partial charge >= 0.3 is 16.6 Å². The van der Waals surface area contributed by atoms with Crippen LogP contribution in [0.3, 0.4) is 0 Å². The number of nitrogens with zero attached hydrogens (tertiary/aromatic N) is 2. The summed E-state index contributed by atoms with van der Waals surface area (Å²) in [5.41, 5.74) is -0.276. The van der Waals surface area contributed by atoms with Gasteiger partial charge in [0.2, 0.25) is 0 Å². The number of hydrogen-bond donors (Lipinski definition) is 3. The zero-order valence-electron chi connectivity index (χ0n) is 18.0. The van der Waals surface area contributed by atoms with Gasteiger partial charge in [-0.25, -0.2) is 9.44 Å². The third-order valence-electron chi connectivity index (χ3n) is 5.13. The molecule has 4 rings (SSSR count). The summed E-state index contributed by atoms with van der Waals surface area (Å²) in [6, 6.07) is 11.3. The minimum absolute atomic E-state index is 0.0922. The molecule has 2 aromatic rings. The molecule has 2 heterocycles. The van der Waals surface area contributed by atoms with Gasteiger partial charge in [0.15, 0.2) is 11.7 Å². The number of amidine groups is 2. The number of aliphatic hydroxyl groups excluding tert-OH is 1. The Kier molecular flexibility index (Phi) is 5.94. The lowest BCUT2D eigenvalue weighted by molar-refractivity contribution is -0.274. The number of ether oxygens (including phenoxy) is 2. The molecule has 0 amide bonds. The monoisotopic (exact) mass is 498 g/mol. The number of alkyl halides is 3. The first-order valence-electron chi connectivity index (χ1n) is 10.1. The average molecular weight is 498 g/mol. The zero-order chi connectivity index (χ0) is 24.7. The van der Waals surface area contributed by atoms with E-state index in [1.54, 1.807) is 38.1 Å². The average Bonchev–Trinajstić information content (AvgIpc) is 3.03. The van der Waals surface area contributed by atoms with E-state index < -0.39 is 40.1 Å². The van der Waals surface area contributed by atoms with Gasteiger partial charge in [-0.3, -0.25) is 9.98 Å². The summed E-state index contributed by atoms with van der Waals surface area (Å²) in [4.78, 5) is 8.61. The van der Waals surface area contributed by atoms with Crippen LogP contribution in [0.1, 0.15) is 31.0 Å². The molecule has 0 unspecified atom stereocenters. The van der Waals surface area contributed by atoms with Gasteiger partial charge in [0.05, 0.1) is 6.54 Å². The van der Waals surface area contributed by atoms with Crippen LogP contribution in [-0.4, -0.2) is 43.3 Å². The van der Waals surface area contributed by atoms with E-state index in [9.17, 15) is 26.7 Å². The molecule has 2 aromatic carbocycles. The van der Waals surface area contributed by atoms with E-state index in [0.29, 0.717) is 0 Å². The smallest absolute Gasteiger partial charge is 0.485 e. The Balaban J connectivity index is 1.75. The third-order valence-corrected chi connectivity index (χ3v) is 6.06. The normalized spacial score (nSPS) is 25.2. The second-order valence-electron chi connectivity index (χ2n) is 8.18. The van der Waals surface area contributed by atoms with Crippen LogP contribution >= 0.6 is 0 Å². The molecule has 1 saturated heterocycles. The van der Waals surface area contributed by atoms with E-state index in [0.717, 1.165) is 17.7 Å². The number of fused-ring (bicyclic) bond motifs is 1. The fraction of sp³-hybridized carbons (Fsp3) is 0.333. The minimum Gasteiger partial charge on any atom is -0.485 e. The molecule has 1 fully saturated rings. The number of rotatable bonds is 4. The summed E-state index contributed by atoms with van der Waals surface area (Å²) in [7, 11) is -4.00. The Hall–Kier alpha value is -3.32. The van der Waals surface area contributed by atoms with Crippen molar-refractivity contribution in [3.8, 4) is 11.5 Å². The SMILES string of the molecule is CC1(C)Oc2ccc(OC(F)(F)F)cc2[C@@H](N=C2NS(=O)(=O)NC2=NCc2ccccc2)[C@@H]1O. The van der Waals surface area contributed by atoms with E-state index in [2.05, 4.69) is 24.2 Å². The summed E-state index contributed by atoms with van der Waals surface area (Å²) < 4.78 is 76.7. The molecule has 2 atom stereocenters. The molecule has 0 aromatic heterocycles. The quantitative estimate of drug-likeness (QED) is 0.598. The van der Waals surface area contributed by atoms with Crippen LogP contribution in [0.25, 0.3) is 0 Å². The molecular formula is C21H21F3N4O5S. The lowest BCUT2D eigenvalue weighted by Crippen LogP contribution is -2.48. The Morgan fingerprint density at radius 2 is 1.79 bits per heavy atom. The minimum atomic E-state index is -4.93. The van der Waals surface area contributed by atoms with Gasteiger partial charge in [0.1, 0.15) is 29.2 Å². The van der Waals surface area contributed by atoms with Crippen LogP contribution in [0.4, 0.5) is 13.2 Å². The summed E-state index contributed by atoms with van der Waals surface area (Å²) >= 11 is 0. The van der Waals surface area contributed by atoms with Gasteiger partial charge in [0.25, 0.3) is 0 Å². The number of nitrogens with one attached hydrogen (secondary N) is 2. The molecule has 2 aliphatic rings. The van der Waals surface area contributed by atoms with Crippen molar-refractivity contribution in [1.29, 1.82) is 0 Å². The molecule has 34 heavy (non-hydrogen) atoms. The van der Waals surface area contributed by atoms with Crippen molar-refractivity contribution in [2.45, 2.75) is 44.5 Å². The van der Waals surface area contributed by atoms with Gasteiger partial charge in [-0.1, -0.05) is 30.3 Å². The van der Waals surface area contributed by atoms with Gasteiger partial charge in [-0.15, -0.1) is 13.2 Å². The Morgan fingerprint density at radius 1 is 1.12 bits per heavy atom. The molecule has 182 valence electrons. The maximum absolute atomic E-state index is 12.7. The highest BCUT2D eigenvalue weighted by Gasteiger charge is 2.44. The molecule has 9 nitrogen and oxygen atoms in total. The molecule has 2 aliphatic heterocycles. The van der Waals surface area contributed by atoms with Crippen LogP contribution in [0, 0.1) is 0 Å². The number of aliphatic hydroxyl groups is 1. The van der Waals surface area contributed by atoms with Crippen molar-refractivity contribution < 1.29 is 36.2 Å². The van der Waals surface area contributed by atoms with Gasteiger partial charge < -0.3 is 14.6 Å². The van der Waals surface area contributed by atoms with E-state index in [-0.39, 0.29) is 29.5 Å². The highest BCUT2D eigenvalue weighted by molar-refractivity contribution is 7.89. The number of hydrogen-bond acceptors (Lipinski definition) is 7. The maximum Gasteiger partial charge on any atom is 0.573 e. The fourth-order valence-electron chi connectivity index (χ4n) is 3.55. The van der Waals surface area contributed by atoms with Crippen molar-refractivity contribution in [2.75, 3.05) is 0 Å². The molecule has 0 radical (unpaired) electrons. The van der Waals surface area contributed by atoms with Crippen LogP contribution in [0.15, 0.2) is 58.5 Å². The van der Waals surface area contributed by atoms with E-state index in [1.807, 2.05) is 6.07 Å². The molecule has 3 N–H and O–H groups in total. The summed E-state index contributed by atoms with van der Waals surface area (Å²) in [5, 5.41) is 10.9. The van der Waals surface area contributed by atoms with E-state index in [4.69, 9.17) is 4.74 Å². The molecular weight excluding hydrogens is 477 g/mol. The highest BCUT2D eigenvalue weighted by atomic mass is 32.2. The Morgan fingerprint density at radius 3 is 2.47 bits per heavy atom. The highest BCUT2D eigenvalue weighted by Crippen LogP contribution is 2.44. The van der Waals surface area contributed by atoms with Crippen LogP contribution in [0.2, 0.25) is 0 Å². The summed E-state index contributed by atoms with van der Waals surface area (Å²) in [5.74, 6) is -0.638. The molecule has 0 saturated carbocycles. The first kappa shape index (κ1) is 23.8. The predicted octanol–water partition coefficient (Wildman–Crippen LogP) is 2.59. The standard InChI is InChI=1S/C21H21F3N4O5S/c1-20(2)17(29)16(14-10-13(32-21(22,23)24)8-9-15(14)33-20)26-19-18(27-34(30,31)28-19)25-11-12-6-4-3-5-7-12/h3-10,16-17,29H,11H2,1-2H3,(H,25,27)(H,26,28)/t16-,17+/m1/s1. The largest absolute Gasteiger partial charge is 0.573 e. The van der Waals surface area contributed by atoms with Crippen molar-refractivity contribution in [3.63, 3.8) is 0 Å². The van der Waals surface area contributed by atoms with Crippen LogP contribution in [-0.2, 0) is 16.8 Å². The molecule has 13 heteroatoms. The Labute approximate surface area is 193 Å². The topological polar surface area (TPSA) is 122 Å². The van der Waals surface area contributed by atoms with Crippen molar-refractivity contribution >= 4 is 21.9 Å². The van der Waals surface area contributed by atoms with Crippen LogP contribution in [0.5, 0.6) is 11.5 Å². The molecule has 0 aliphatic carbocycles. The van der Waals surface area contributed by atoms with E-state index in [1.165, 1.54) is 6.07 Å². The molecule has 0 spiro atoms. The summed E-state index contributed by atoms with van der Waals surface area (Å²) in [6.45, 7) is 3.30. The van der Waals surface area contributed by atoms with Crippen molar-refractivity contribution in [1.82, 2.24) is 9.44 Å². The van der Waals surface area contributed by atoms with Gasteiger partial charge in [-0.2, -0.15) is 8.42 Å². The second-order valence-corrected chi connectivity index (χ2v) is 9.59. The second kappa shape index (κ2) is 8.47. The van der Waals surface area contributed by atoms with Crippen LogP contribution < -0.4 is 18.9 Å². The lowest BCUT2D eigenvalue weighted by Gasteiger charge is -2.40. The third kappa shape index (κ3) is 5.25.